The number of hydrogen-bond acceptors (Lipinski definition) is 3. The minimum Gasteiger partial charge on any atom is -0.343 e. The predicted octanol–water partition coefficient (Wildman–Crippen LogP) is 1.92. The average molecular weight is 346 g/mol. The highest BCUT2D eigenvalue weighted by molar-refractivity contribution is 6.36. The molecule has 3 N–H and O–H groups in total. The maximum atomic E-state index is 11.9. The summed E-state index contributed by atoms with van der Waals surface area (Å²) in [5.74, 6) is -1.17. The third-order valence-corrected chi connectivity index (χ3v) is 3.07. The van der Waals surface area contributed by atoms with Gasteiger partial charge in [-0.25, -0.2) is 0 Å². The molecule has 1 rings (SSSR count). The molecule has 0 spiro atoms. The molecule has 6 nitrogen and oxygen atoms in total. The molecule has 22 heavy (non-hydrogen) atoms. The summed E-state index contributed by atoms with van der Waals surface area (Å²) in [5.41, 5.74) is 4.68. The van der Waals surface area contributed by atoms with E-state index in [2.05, 4.69) is 16.2 Å². The van der Waals surface area contributed by atoms with E-state index in [1.807, 2.05) is 13.8 Å². The zero-order valence-electron chi connectivity index (χ0n) is 12.2. The number of carbonyl (C=O) groups is 3. The topological polar surface area (TPSA) is 87.3 Å². The van der Waals surface area contributed by atoms with E-state index in [9.17, 15) is 14.4 Å². The summed E-state index contributed by atoms with van der Waals surface area (Å²) in [6, 6.07) is 4.42. The quantitative estimate of drug-likeness (QED) is 0.712. The molecule has 3 amide bonds. The molecule has 1 aromatic rings. The van der Waals surface area contributed by atoms with Crippen LogP contribution in [0.5, 0.6) is 0 Å². The van der Waals surface area contributed by atoms with Crippen LogP contribution in [0.25, 0.3) is 0 Å². The van der Waals surface area contributed by atoms with E-state index >= 15 is 0 Å². The molecule has 0 unspecified atom stereocenters. The first kappa shape index (κ1) is 18.3. The summed E-state index contributed by atoms with van der Waals surface area (Å²) in [6.45, 7) is 3.48. The van der Waals surface area contributed by atoms with Gasteiger partial charge in [0.15, 0.2) is 0 Å². The fraction of sp³-hybridized carbons (Fsp3) is 0.357. The van der Waals surface area contributed by atoms with Crippen molar-refractivity contribution in [1.29, 1.82) is 0 Å². The maximum Gasteiger partial charge on any atom is 0.257 e. The van der Waals surface area contributed by atoms with E-state index in [0.29, 0.717) is 11.4 Å². The van der Waals surface area contributed by atoms with E-state index in [4.69, 9.17) is 23.2 Å². The van der Waals surface area contributed by atoms with Crippen molar-refractivity contribution in [3.8, 4) is 0 Å². The Morgan fingerprint density at radius 2 is 1.73 bits per heavy atom. The van der Waals surface area contributed by atoms with E-state index in [-0.39, 0.29) is 29.0 Å². The standard InChI is InChI=1S/C14H17Cl2N3O3/c1-8(2)5-12(20)18-19-13(21)7-17-14(22)10-4-3-9(15)6-11(10)16/h3-4,6,8H,5,7H2,1-2H3,(H,17,22)(H,18,20)(H,19,21). The lowest BCUT2D eigenvalue weighted by molar-refractivity contribution is -0.128. The van der Waals surface area contributed by atoms with Crippen molar-refractivity contribution in [1.82, 2.24) is 16.2 Å². The van der Waals surface area contributed by atoms with Gasteiger partial charge in [-0.05, 0) is 24.1 Å². The van der Waals surface area contributed by atoms with Crippen LogP contribution in [0.3, 0.4) is 0 Å². The molecule has 0 saturated heterocycles. The first-order valence-corrected chi connectivity index (χ1v) is 7.36. The molecular weight excluding hydrogens is 329 g/mol. The van der Waals surface area contributed by atoms with Crippen LogP contribution in [0.2, 0.25) is 10.0 Å². The van der Waals surface area contributed by atoms with E-state index in [1.165, 1.54) is 18.2 Å². The number of rotatable bonds is 5. The van der Waals surface area contributed by atoms with Crippen LogP contribution in [-0.4, -0.2) is 24.3 Å². The number of halogens is 2. The second kappa shape index (κ2) is 8.60. The number of benzene rings is 1. The van der Waals surface area contributed by atoms with E-state index < -0.39 is 11.8 Å². The van der Waals surface area contributed by atoms with Crippen molar-refractivity contribution in [2.24, 2.45) is 5.92 Å². The van der Waals surface area contributed by atoms with Gasteiger partial charge >= 0.3 is 0 Å². The SMILES string of the molecule is CC(C)CC(=O)NNC(=O)CNC(=O)c1ccc(Cl)cc1Cl. The molecule has 8 heteroatoms. The van der Waals surface area contributed by atoms with Crippen molar-refractivity contribution >= 4 is 40.9 Å². The Balaban J connectivity index is 2.40. The molecule has 120 valence electrons. The molecule has 0 heterocycles. The van der Waals surface area contributed by atoms with Crippen LogP contribution in [0, 0.1) is 5.92 Å². The third-order valence-electron chi connectivity index (χ3n) is 2.52. The minimum absolute atomic E-state index is 0.184. The molecule has 0 bridgehead atoms. The van der Waals surface area contributed by atoms with Crippen molar-refractivity contribution in [2.45, 2.75) is 20.3 Å². The lowest BCUT2D eigenvalue weighted by Crippen LogP contribution is -2.46. The van der Waals surface area contributed by atoms with Gasteiger partial charge in [-0.3, -0.25) is 25.2 Å². The number of amides is 3. The first-order chi connectivity index (χ1) is 10.3. The number of nitrogens with one attached hydrogen (secondary N) is 3. The Labute approximate surface area is 138 Å². The van der Waals surface area contributed by atoms with Crippen molar-refractivity contribution < 1.29 is 14.4 Å². The fourth-order valence-corrected chi connectivity index (χ4v) is 2.03. The summed E-state index contributed by atoms with van der Waals surface area (Å²) in [7, 11) is 0. The molecule has 0 saturated carbocycles. The summed E-state index contributed by atoms with van der Waals surface area (Å²) >= 11 is 11.6. The fourth-order valence-electron chi connectivity index (χ4n) is 1.53. The molecule has 0 atom stereocenters. The molecule has 0 aromatic heterocycles. The summed E-state index contributed by atoms with van der Waals surface area (Å²) in [5, 5.41) is 2.99. The molecule has 0 aliphatic heterocycles. The predicted molar refractivity (Wildman–Crippen MR) is 84.5 cm³/mol. The highest BCUT2D eigenvalue weighted by Crippen LogP contribution is 2.20. The number of hydrazine groups is 1. The van der Waals surface area contributed by atoms with Gasteiger partial charge in [0.05, 0.1) is 17.1 Å². The second-order valence-corrected chi connectivity index (χ2v) is 5.84. The zero-order valence-corrected chi connectivity index (χ0v) is 13.7. The van der Waals surface area contributed by atoms with Gasteiger partial charge in [-0.15, -0.1) is 0 Å². The maximum absolute atomic E-state index is 11.9. The Bertz CT molecular complexity index is 576. The highest BCUT2D eigenvalue weighted by atomic mass is 35.5. The third kappa shape index (κ3) is 6.32. The van der Waals surface area contributed by atoms with Gasteiger partial charge in [0.1, 0.15) is 0 Å². The molecular formula is C14H17Cl2N3O3. The highest BCUT2D eigenvalue weighted by Gasteiger charge is 2.12. The Kier molecular flexibility index (Phi) is 7.14. The van der Waals surface area contributed by atoms with E-state index in [1.54, 1.807) is 0 Å². The Morgan fingerprint density at radius 1 is 1.09 bits per heavy atom. The first-order valence-electron chi connectivity index (χ1n) is 6.60. The summed E-state index contributed by atoms with van der Waals surface area (Å²) < 4.78 is 0. The molecule has 0 aliphatic rings. The Hall–Kier alpha value is -1.79. The van der Waals surface area contributed by atoms with Gasteiger partial charge in [-0.2, -0.15) is 0 Å². The lowest BCUT2D eigenvalue weighted by Gasteiger charge is -2.10. The molecule has 0 radical (unpaired) electrons. The molecule has 0 fully saturated rings. The van der Waals surface area contributed by atoms with Gasteiger partial charge in [0.2, 0.25) is 5.91 Å². The van der Waals surface area contributed by atoms with Crippen LogP contribution in [0.1, 0.15) is 30.6 Å². The van der Waals surface area contributed by atoms with Crippen LogP contribution in [0.15, 0.2) is 18.2 Å². The van der Waals surface area contributed by atoms with Crippen LogP contribution in [0.4, 0.5) is 0 Å². The van der Waals surface area contributed by atoms with Crippen LogP contribution >= 0.6 is 23.2 Å². The normalized spacial score (nSPS) is 10.2. The minimum atomic E-state index is -0.546. The van der Waals surface area contributed by atoms with Crippen molar-refractivity contribution in [3.05, 3.63) is 33.8 Å². The van der Waals surface area contributed by atoms with Crippen molar-refractivity contribution in [3.63, 3.8) is 0 Å². The summed E-state index contributed by atoms with van der Waals surface area (Å²) in [6.07, 6.45) is 0.299. The second-order valence-electron chi connectivity index (χ2n) is 5.00. The smallest absolute Gasteiger partial charge is 0.257 e. The molecule has 1 aromatic carbocycles. The summed E-state index contributed by atoms with van der Waals surface area (Å²) in [4.78, 5) is 34.7. The molecule has 0 aliphatic carbocycles. The number of hydrogen-bond donors (Lipinski definition) is 3. The largest absolute Gasteiger partial charge is 0.343 e. The van der Waals surface area contributed by atoms with Gasteiger partial charge in [-0.1, -0.05) is 37.0 Å². The monoisotopic (exact) mass is 345 g/mol. The van der Waals surface area contributed by atoms with Gasteiger partial charge in [0, 0.05) is 11.4 Å². The zero-order chi connectivity index (χ0) is 16.7. The lowest BCUT2D eigenvalue weighted by atomic mass is 10.1. The Morgan fingerprint density at radius 3 is 2.32 bits per heavy atom. The van der Waals surface area contributed by atoms with Crippen molar-refractivity contribution in [2.75, 3.05) is 6.54 Å². The van der Waals surface area contributed by atoms with Crippen LogP contribution in [-0.2, 0) is 9.59 Å². The average Bonchev–Trinajstić information content (AvgIpc) is 2.41. The van der Waals surface area contributed by atoms with Crippen LogP contribution < -0.4 is 16.2 Å². The van der Waals surface area contributed by atoms with Gasteiger partial charge < -0.3 is 5.32 Å². The van der Waals surface area contributed by atoms with E-state index in [0.717, 1.165) is 0 Å². The number of carbonyl (C=O) groups excluding carboxylic acids is 3. The van der Waals surface area contributed by atoms with Gasteiger partial charge in [0.25, 0.3) is 11.8 Å².